The summed E-state index contributed by atoms with van der Waals surface area (Å²) < 4.78 is 19.6. The molecular formula is C13H13BrFNO4. The van der Waals surface area contributed by atoms with Crippen LogP contribution in [0.3, 0.4) is 0 Å². The van der Waals surface area contributed by atoms with Gasteiger partial charge in [-0.15, -0.1) is 0 Å². The third-order valence-electron chi connectivity index (χ3n) is 2.99. The predicted octanol–water partition coefficient (Wildman–Crippen LogP) is 1.90. The van der Waals surface area contributed by atoms with Crippen LogP contribution in [-0.2, 0) is 9.53 Å². The smallest absolute Gasteiger partial charge is 0.306 e. The molecule has 1 aliphatic rings. The average Bonchev–Trinajstić information content (AvgIpc) is 2.37. The highest BCUT2D eigenvalue weighted by Gasteiger charge is 2.27. The number of amides is 1. The van der Waals surface area contributed by atoms with Crippen LogP contribution in [0.15, 0.2) is 22.7 Å². The molecule has 0 aliphatic carbocycles. The van der Waals surface area contributed by atoms with E-state index in [2.05, 4.69) is 15.9 Å². The Morgan fingerprint density at radius 3 is 2.90 bits per heavy atom. The van der Waals surface area contributed by atoms with E-state index < -0.39 is 23.8 Å². The summed E-state index contributed by atoms with van der Waals surface area (Å²) in [6.45, 7) is 0.729. The molecule has 5 nitrogen and oxygen atoms in total. The normalized spacial score (nSPS) is 18.9. The van der Waals surface area contributed by atoms with E-state index in [-0.39, 0.29) is 25.1 Å². The van der Waals surface area contributed by atoms with Crippen LogP contribution >= 0.6 is 15.9 Å². The van der Waals surface area contributed by atoms with E-state index >= 15 is 0 Å². The third kappa shape index (κ3) is 3.55. The Morgan fingerprint density at radius 2 is 2.25 bits per heavy atom. The van der Waals surface area contributed by atoms with Crippen molar-refractivity contribution in [2.75, 3.05) is 19.7 Å². The van der Waals surface area contributed by atoms with Gasteiger partial charge in [-0.2, -0.15) is 0 Å². The quantitative estimate of drug-likeness (QED) is 0.908. The molecule has 1 unspecified atom stereocenters. The van der Waals surface area contributed by atoms with Crippen molar-refractivity contribution < 1.29 is 23.8 Å². The van der Waals surface area contributed by atoms with Crippen molar-refractivity contribution in [1.82, 2.24) is 4.90 Å². The Labute approximate surface area is 123 Å². The Balaban J connectivity index is 2.10. The van der Waals surface area contributed by atoms with Crippen LogP contribution in [0.25, 0.3) is 0 Å². The van der Waals surface area contributed by atoms with Gasteiger partial charge in [-0.1, -0.05) is 15.9 Å². The first-order chi connectivity index (χ1) is 9.47. The number of rotatable bonds is 3. The number of carboxylic acid groups (broad SMARTS) is 1. The minimum atomic E-state index is -0.987. The SMILES string of the molecule is O=C(O)CC1CN(C(=O)c2ccc(Br)cc2F)CCO1. The summed E-state index contributed by atoms with van der Waals surface area (Å²) in [5.41, 5.74) is -0.0239. The Kier molecular flexibility index (Phi) is 4.72. The zero-order valence-corrected chi connectivity index (χ0v) is 12.1. The minimum Gasteiger partial charge on any atom is -0.481 e. The first-order valence-corrected chi connectivity index (χ1v) is 6.84. The lowest BCUT2D eigenvalue weighted by molar-refractivity contribution is -0.141. The molecule has 1 aromatic rings. The van der Waals surface area contributed by atoms with E-state index in [9.17, 15) is 14.0 Å². The lowest BCUT2D eigenvalue weighted by Gasteiger charge is -2.32. The van der Waals surface area contributed by atoms with Gasteiger partial charge in [0, 0.05) is 17.6 Å². The molecule has 108 valence electrons. The van der Waals surface area contributed by atoms with Crippen LogP contribution in [0.4, 0.5) is 4.39 Å². The van der Waals surface area contributed by atoms with E-state index in [1.54, 1.807) is 6.07 Å². The van der Waals surface area contributed by atoms with Gasteiger partial charge in [0.15, 0.2) is 0 Å². The summed E-state index contributed by atoms with van der Waals surface area (Å²) in [5, 5.41) is 8.73. The average molecular weight is 346 g/mol. The van der Waals surface area contributed by atoms with Gasteiger partial charge in [0.1, 0.15) is 5.82 Å². The zero-order valence-electron chi connectivity index (χ0n) is 10.5. The summed E-state index contributed by atoms with van der Waals surface area (Å²) in [4.78, 5) is 24.3. The van der Waals surface area contributed by atoms with E-state index in [4.69, 9.17) is 9.84 Å². The number of carboxylic acids is 1. The van der Waals surface area contributed by atoms with Gasteiger partial charge < -0.3 is 14.7 Å². The molecular weight excluding hydrogens is 333 g/mol. The van der Waals surface area contributed by atoms with E-state index in [0.29, 0.717) is 11.0 Å². The molecule has 1 aliphatic heterocycles. The summed E-state index contributed by atoms with van der Waals surface area (Å²) >= 11 is 3.13. The number of nitrogens with zero attached hydrogens (tertiary/aromatic N) is 1. The van der Waals surface area contributed by atoms with Crippen molar-refractivity contribution in [3.05, 3.63) is 34.1 Å². The number of carbonyl (C=O) groups is 2. The zero-order chi connectivity index (χ0) is 14.7. The minimum absolute atomic E-state index is 0.0239. The second-order valence-electron chi connectivity index (χ2n) is 4.47. The Hall–Kier alpha value is -1.47. The van der Waals surface area contributed by atoms with Crippen molar-refractivity contribution in [3.8, 4) is 0 Å². The standard InChI is InChI=1S/C13H13BrFNO4/c14-8-1-2-10(11(15)5-8)13(19)16-3-4-20-9(7-16)6-12(17)18/h1-2,5,9H,3-4,6-7H2,(H,17,18). The maximum atomic E-state index is 13.8. The number of benzene rings is 1. The Bertz CT molecular complexity index is 537. The topological polar surface area (TPSA) is 66.8 Å². The van der Waals surface area contributed by atoms with Gasteiger partial charge >= 0.3 is 5.97 Å². The highest BCUT2D eigenvalue weighted by Crippen LogP contribution is 2.18. The molecule has 1 saturated heterocycles. The number of aliphatic carboxylic acids is 1. The molecule has 0 saturated carbocycles. The van der Waals surface area contributed by atoms with Crippen LogP contribution < -0.4 is 0 Å². The molecule has 1 N–H and O–H groups in total. The Morgan fingerprint density at radius 1 is 1.50 bits per heavy atom. The molecule has 20 heavy (non-hydrogen) atoms. The van der Waals surface area contributed by atoms with Crippen molar-refractivity contribution in [3.63, 3.8) is 0 Å². The molecule has 1 fully saturated rings. The molecule has 1 atom stereocenters. The van der Waals surface area contributed by atoms with Gasteiger partial charge in [0.05, 0.1) is 24.7 Å². The fraction of sp³-hybridized carbons (Fsp3) is 0.385. The largest absolute Gasteiger partial charge is 0.481 e. The molecule has 2 rings (SSSR count). The van der Waals surface area contributed by atoms with Crippen molar-refractivity contribution in [2.45, 2.75) is 12.5 Å². The van der Waals surface area contributed by atoms with Crippen molar-refractivity contribution >= 4 is 27.8 Å². The molecule has 0 radical (unpaired) electrons. The molecule has 0 aromatic heterocycles. The summed E-state index contributed by atoms with van der Waals surface area (Å²) in [7, 11) is 0. The van der Waals surface area contributed by atoms with E-state index in [1.165, 1.54) is 17.0 Å². The number of hydrogen-bond acceptors (Lipinski definition) is 3. The molecule has 0 bridgehead atoms. The van der Waals surface area contributed by atoms with Crippen LogP contribution in [0.5, 0.6) is 0 Å². The second kappa shape index (κ2) is 6.32. The number of morpholine rings is 1. The van der Waals surface area contributed by atoms with Crippen LogP contribution in [0.1, 0.15) is 16.8 Å². The van der Waals surface area contributed by atoms with Gasteiger partial charge in [0.2, 0.25) is 0 Å². The van der Waals surface area contributed by atoms with Gasteiger partial charge in [-0.3, -0.25) is 9.59 Å². The van der Waals surface area contributed by atoms with Crippen LogP contribution in [0, 0.1) is 5.82 Å². The number of ether oxygens (including phenoxy) is 1. The van der Waals surface area contributed by atoms with Crippen LogP contribution in [0.2, 0.25) is 0 Å². The molecule has 1 heterocycles. The molecule has 1 amide bonds. The van der Waals surface area contributed by atoms with Gasteiger partial charge in [0.25, 0.3) is 5.91 Å². The first kappa shape index (κ1) is 14.9. The van der Waals surface area contributed by atoms with Crippen molar-refractivity contribution in [2.24, 2.45) is 0 Å². The summed E-state index contributed by atoms with van der Waals surface area (Å²) in [6, 6.07) is 4.22. The second-order valence-corrected chi connectivity index (χ2v) is 5.38. The molecule has 0 spiro atoms. The fourth-order valence-electron chi connectivity index (χ4n) is 2.06. The van der Waals surface area contributed by atoms with E-state index in [1.807, 2.05) is 0 Å². The third-order valence-corrected chi connectivity index (χ3v) is 3.48. The number of carbonyl (C=O) groups excluding carboxylic acids is 1. The lowest BCUT2D eigenvalue weighted by Crippen LogP contribution is -2.46. The fourth-order valence-corrected chi connectivity index (χ4v) is 2.39. The highest BCUT2D eigenvalue weighted by molar-refractivity contribution is 9.10. The van der Waals surface area contributed by atoms with Crippen molar-refractivity contribution in [1.29, 1.82) is 0 Å². The van der Waals surface area contributed by atoms with Crippen LogP contribution in [-0.4, -0.2) is 47.7 Å². The summed E-state index contributed by atoms with van der Waals surface area (Å²) in [5.74, 6) is -2.04. The first-order valence-electron chi connectivity index (χ1n) is 6.05. The highest BCUT2D eigenvalue weighted by atomic mass is 79.9. The van der Waals surface area contributed by atoms with Gasteiger partial charge in [-0.05, 0) is 18.2 Å². The predicted molar refractivity (Wildman–Crippen MR) is 72.0 cm³/mol. The monoisotopic (exact) mass is 345 g/mol. The summed E-state index contributed by atoms with van der Waals surface area (Å²) in [6.07, 6.45) is -0.726. The number of hydrogen-bond donors (Lipinski definition) is 1. The molecule has 1 aromatic carbocycles. The van der Waals surface area contributed by atoms with E-state index in [0.717, 1.165) is 0 Å². The maximum Gasteiger partial charge on any atom is 0.306 e. The van der Waals surface area contributed by atoms with Gasteiger partial charge in [-0.25, -0.2) is 4.39 Å². The number of halogens is 2. The molecule has 7 heteroatoms. The lowest BCUT2D eigenvalue weighted by atomic mass is 10.1. The maximum absolute atomic E-state index is 13.8.